The lowest BCUT2D eigenvalue weighted by Crippen LogP contribution is -2.15. The highest BCUT2D eigenvalue weighted by molar-refractivity contribution is 5.77. The average molecular weight is 258 g/mol. The van der Waals surface area contributed by atoms with Crippen molar-refractivity contribution in [2.24, 2.45) is 0 Å². The van der Waals surface area contributed by atoms with E-state index in [1.165, 1.54) is 11.1 Å². The van der Waals surface area contributed by atoms with Crippen LogP contribution in [0, 0.1) is 13.8 Å². The lowest BCUT2D eigenvalue weighted by molar-refractivity contribution is 0.313. The van der Waals surface area contributed by atoms with Crippen LogP contribution in [0.2, 0.25) is 0 Å². The molecule has 3 heteroatoms. The molecular weight excluding hydrogens is 236 g/mol. The van der Waals surface area contributed by atoms with Crippen molar-refractivity contribution in [3.63, 3.8) is 0 Å². The van der Waals surface area contributed by atoms with Crippen molar-refractivity contribution >= 4 is 5.82 Å². The lowest BCUT2D eigenvalue weighted by Gasteiger charge is -2.20. The molecule has 2 aromatic rings. The van der Waals surface area contributed by atoms with Crippen LogP contribution in [0.5, 0.6) is 0 Å². The first-order chi connectivity index (χ1) is 8.86. The van der Waals surface area contributed by atoms with Gasteiger partial charge in [0, 0.05) is 5.41 Å². The number of rotatable bonds is 3. The Labute approximate surface area is 114 Å². The Morgan fingerprint density at radius 3 is 2.47 bits per heavy atom. The number of benzene rings is 1. The second kappa shape index (κ2) is 4.72. The normalized spacial score (nSPS) is 11.8. The Hall–Kier alpha value is -1.77. The van der Waals surface area contributed by atoms with Crippen molar-refractivity contribution < 1.29 is 4.52 Å². The first-order valence-electron chi connectivity index (χ1n) is 6.70. The van der Waals surface area contributed by atoms with Crippen LogP contribution in [-0.2, 0) is 5.41 Å². The fourth-order valence-corrected chi connectivity index (χ4v) is 2.10. The van der Waals surface area contributed by atoms with Crippen LogP contribution >= 0.6 is 0 Å². The van der Waals surface area contributed by atoms with Crippen LogP contribution in [0.1, 0.15) is 44.1 Å². The summed E-state index contributed by atoms with van der Waals surface area (Å²) in [6.45, 7) is 10.7. The molecule has 0 atom stereocenters. The highest BCUT2D eigenvalue weighted by atomic mass is 16.5. The molecule has 0 fully saturated rings. The van der Waals surface area contributed by atoms with Gasteiger partial charge in [0.25, 0.3) is 0 Å². The zero-order valence-corrected chi connectivity index (χ0v) is 12.4. The summed E-state index contributed by atoms with van der Waals surface area (Å²) in [5.41, 5.74) is 10.5. The third-order valence-electron chi connectivity index (χ3n) is 4.01. The second-order valence-corrected chi connectivity index (χ2v) is 5.81. The highest BCUT2D eigenvalue weighted by Crippen LogP contribution is 2.39. The van der Waals surface area contributed by atoms with Crippen LogP contribution in [0.15, 0.2) is 22.7 Å². The smallest absolute Gasteiger partial charge is 0.175 e. The van der Waals surface area contributed by atoms with Crippen molar-refractivity contribution in [3.05, 3.63) is 35.1 Å². The average Bonchev–Trinajstić information content (AvgIpc) is 2.75. The Balaban J connectivity index is 2.62. The van der Waals surface area contributed by atoms with Crippen molar-refractivity contribution in [2.75, 3.05) is 5.73 Å². The van der Waals surface area contributed by atoms with Gasteiger partial charge in [-0.15, -0.1) is 0 Å². The quantitative estimate of drug-likeness (QED) is 0.896. The number of aryl methyl sites for hydroxylation is 2. The first-order valence-corrected chi connectivity index (χ1v) is 6.70. The van der Waals surface area contributed by atoms with E-state index in [0.29, 0.717) is 5.82 Å². The number of hydrogen-bond acceptors (Lipinski definition) is 3. The maximum absolute atomic E-state index is 6.01. The van der Waals surface area contributed by atoms with Crippen LogP contribution in [-0.4, -0.2) is 5.16 Å². The number of anilines is 1. The van der Waals surface area contributed by atoms with Crippen molar-refractivity contribution in [1.82, 2.24) is 5.16 Å². The predicted molar refractivity (Wildman–Crippen MR) is 79.1 cm³/mol. The van der Waals surface area contributed by atoms with E-state index in [-0.39, 0.29) is 5.41 Å². The van der Waals surface area contributed by atoms with Gasteiger partial charge in [0.2, 0.25) is 0 Å². The molecule has 0 aliphatic carbocycles. The van der Waals surface area contributed by atoms with Gasteiger partial charge in [-0.2, -0.15) is 0 Å². The molecule has 1 heterocycles. The topological polar surface area (TPSA) is 52.0 Å². The molecule has 0 saturated heterocycles. The van der Waals surface area contributed by atoms with Gasteiger partial charge in [-0.3, -0.25) is 0 Å². The molecule has 19 heavy (non-hydrogen) atoms. The summed E-state index contributed by atoms with van der Waals surface area (Å²) in [4.78, 5) is 0. The Bertz CT molecular complexity index is 597. The van der Waals surface area contributed by atoms with E-state index in [2.05, 4.69) is 58.0 Å². The summed E-state index contributed by atoms with van der Waals surface area (Å²) in [5.74, 6) is 1.34. The standard InChI is InChI=1S/C16H22N2O/c1-6-16(4,5)14-13(15(17)18-19-14)12-8-7-10(2)11(3)9-12/h7-9H,6H2,1-5H3,(H2,17,18). The van der Waals surface area contributed by atoms with Crippen molar-refractivity contribution in [3.8, 4) is 11.1 Å². The monoisotopic (exact) mass is 258 g/mol. The minimum Gasteiger partial charge on any atom is -0.380 e. The summed E-state index contributed by atoms with van der Waals surface area (Å²) < 4.78 is 5.50. The maximum Gasteiger partial charge on any atom is 0.175 e. The largest absolute Gasteiger partial charge is 0.380 e. The van der Waals surface area contributed by atoms with E-state index in [1.807, 2.05) is 0 Å². The molecule has 0 bridgehead atoms. The second-order valence-electron chi connectivity index (χ2n) is 5.81. The molecule has 1 aromatic carbocycles. The van der Waals surface area contributed by atoms with E-state index in [1.54, 1.807) is 0 Å². The van der Waals surface area contributed by atoms with E-state index in [4.69, 9.17) is 10.3 Å². The highest BCUT2D eigenvalue weighted by Gasteiger charge is 2.29. The molecule has 0 radical (unpaired) electrons. The summed E-state index contributed by atoms with van der Waals surface area (Å²) in [5, 5.41) is 3.96. The number of nitrogen functional groups attached to an aromatic ring is 1. The fraction of sp³-hybridized carbons (Fsp3) is 0.438. The number of nitrogens with two attached hydrogens (primary N) is 1. The van der Waals surface area contributed by atoms with Crippen LogP contribution < -0.4 is 5.73 Å². The van der Waals surface area contributed by atoms with Gasteiger partial charge < -0.3 is 10.3 Å². The van der Waals surface area contributed by atoms with E-state index in [9.17, 15) is 0 Å². The van der Waals surface area contributed by atoms with Gasteiger partial charge in [0.1, 0.15) is 0 Å². The maximum atomic E-state index is 6.01. The SMILES string of the molecule is CCC(C)(C)c1onc(N)c1-c1ccc(C)c(C)c1. The molecule has 2 rings (SSSR count). The molecule has 0 aliphatic rings. The zero-order valence-electron chi connectivity index (χ0n) is 12.4. The third kappa shape index (κ3) is 2.37. The van der Waals surface area contributed by atoms with Crippen LogP contribution in [0.25, 0.3) is 11.1 Å². The van der Waals surface area contributed by atoms with Crippen LogP contribution in [0.3, 0.4) is 0 Å². The molecule has 3 nitrogen and oxygen atoms in total. The molecule has 0 spiro atoms. The van der Waals surface area contributed by atoms with E-state index in [0.717, 1.165) is 23.3 Å². The fourth-order valence-electron chi connectivity index (χ4n) is 2.10. The number of aromatic nitrogens is 1. The minimum atomic E-state index is -0.0707. The Morgan fingerprint density at radius 2 is 1.89 bits per heavy atom. The van der Waals surface area contributed by atoms with Gasteiger partial charge in [0.05, 0.1) is 5.56 Å². The van der Waals surface area contributed by atoms with Crippen molar-refractivity contribution in [1.29, 1.82) is 0 Å². The number of nitrogens with zero attached hydrogens (tertiary/aromatic N) is 1. The first kappa shape index (κ1) is 13.7. The number of hydrogen-bond donors (Lipinski definition) is 1. The molecule has 2 N–H and O–H groups in total. The molecule has 0 saturated carbocycles. The third-order valence-corrected chi connectivity index (χ3v) is 4.01. The van der Waals surface area contributed by atoms with Crippen LogP contribution in [0.4, 0.5) is 5.82 Å². The van der Waals surface area contributed by atoms with Gasteiger partial charge >= 0.3 is 0 Å². The van der Waals surface area contributed by atoms with Gasteiger partial charge in [-0.25, -0.2) is 0 Å². The van der Waals surface area contributed by atoms with E-state index >= 15 is 0 Å². The molecule has 0 amide bonds. The van der Waals surface area contributed by atoms with Crippen molar-refractivity contribution in [2.45, 2.75) is 46.5 Å². The molecule has 102 valence electrons. The minimum absolute atomic E-state index is 0.0707. The summed E-state index contributed by atoms with van der Waals surface area (Å²) in [7, 11) is 0. The summed E-state index contributed by atoms with van der Waals surface area (Å²) in [6, 6.07) is 6.34. The summed E-state index contributed by atoms with van der Waals surface area (Å²) >= 11 is 0. The summed E-state index contributed by atoms with van der Waals surface area (Å²) in [6.07, 6.45) is 0.972. The molecule has 0 aliphatic heterocycles. The van der Waals surface area contributed by atoms with Gasteiger partial charge in [0.15, 0.2) is 11.6 Å². The van der Waals surface area contributed by atoms with Gasteiger partial charge in [-0.05, 0) is 37.0 Å². The van der Waals surface area contributed by atoms with Gasteiger partial charge in [-0.1, -0.05) is 44.1 Å². The molecule has 0 unspecified atom stereocenters. The molecule has 1 aromatic heterocycles. The Morgan fingerprint density at radius 1 is 1.21 bits per heavy atom. The van der Waals surface area contributed by atoms with E-state index < -0.39 is 0 Å². The molecular formula is C16H22N2O. The zero-order chi connectivity index (χ0) is 14.2. The predicted octanol–water partition coefficient (Wildman–Crippen LogP) is 4.23. The Kier molecular flexibility index (Phi) is 3.40. The lowest BCUT2D eigenvalue weighted by atomic mass is 9.83.